The molecular weight excluding hydrogens is 429 g/mol. The molecule has 12 heteroatoms. The average molecular weight is 436 g/mol. The van der Waals surface area contributed by atoms with Gasteiger partial charge in [-0.1, -0.05) is 24.3 Å². The number of rotatable bonds is 1. The quantitative estimate of drug-likeness (QED) is 0.387. The van der Waals surface area contributed by atoms with Crippen LogP contribution in [0.1, 0.15) is 0 Å². The molecule has 0 unspecified atom stereocenters. The fourth-order valence-electron chi connectivity index (χ4n) is 3.66. The molecule has 0 aliphatic heterocycles. The van der Waals surface area contributed by atoms with Crippen molar-refractivity contribution in [2.45, 2.75) is 0 Å². The molecule has 144 valence electrons. The van der Waals surface area contributed by atoms with Crippen LogP contribution >= 0.6 is 23.2 Å². The number of furan rings is 1. The monoisotopic (exact) mass is 435 g/mol. The van der Waals surface area contributed by atoms with Gasteiger partial charge < -0.3 is 4.42 Å². The summed E-state index contributed by atoms with van der Waals surface area (Å²) in [5, 5.41) is 15.1. The number of hydrogen-bond acceptors (Lipinski definition) is 7. The first-order chi connectivity index (χ1) is 14.7. The lowest BCUT2D eigenvalue weighted by molar-refractivity contribution is 0.669. The molecule has 0 saturated heterocycles. The molecule has 0 spiro atoms. The van der Waals surface area contributed by atoms with Crippen LogP contribution in [0, 0.1) is 0 Å². The van der Waals surface area contributed by atoms with Crippen molar-refractivity contribution < 1.29 is 4.42 Å². The molecule has 0 aliphatic rings. The average Bonchev–Trinajstić information content (AvgIpc) is 3.49. The molecule has 10 nitrogen and oxygen atoms in total. The van der Waals surface area contributed by atoms with E-state index in [1.54, 1.807) is 0 Å². The number of para-hydroxylation sites is 1. The molecule has 0 atom stereocenters. The van der Waals surface area contributed by atoms with Gasteiger partial charge in [-0.15, -0.1) is 15.3 Å². The molecule has 7 aromatic rings. The van der Waals surface area contributed by atoms with E-state index in [2.05, 4.69) is 30.2 Å². The van der Waals surface area contributed by atoms with Gasteiger partial charge in [-0.3, -0.25) is 0 Å². The Kier molecular flexibility index (Phi) is 2.91. The minimum atomic E-state index is 0.0456. The van der Waals surface area contributed by atoms with Gasteiger partial charge in [0.25, 0.3) is 17.3 Å². The van der Waals surface area contributed by atoms with Crippen molar-refractivity contribution >= 4 is 62.5 Å². The zero-order valence-electron chi connectivity index (χ0n) is 14.7. The van der Waals surface area contributed by atoms with E-state index in [1.165, 1.54) is 13.5 Å². The molecule has 0 fully saturated rings. The summed E-state index contributed by atoms with van der Waals surface area (Å²) in [7, 11) is 0. The van der Waals surface area contributed by atoms with Crippen LogP contribution in [0.5, 0.6) is 0 Å². The number of halogens is 2. The smallest absolute Gasteiger partial charge is 0.261 e. The predicted molar refractivity (Wildman–Crippen MR) is 109 cm³/mol. The van der Waals surface area contributed by atoms with Crippen molar-refractivity contribution in [1.82, 2.24) is 43.8 Å². The summed E-state index contributed by atoms with van der Waals surface area (Å²) < 4.78 is 10.3. The van der Waals surface area contributed by atoms with Gasteiger partial charge in [-0.2, -0.15) is 28.5 Å². The fourth-order valence-corrected chi connectivity index (χ4v) is 3.97. The molecule has 0 N–H and O–H groups in total. The van der Waals surface area contributed by atoms with Crippen LogP contribution in [-0.4, -0.2) is 43.8 Å². The fraction of sp³-hybridized carbons (Fsp3) is 0. The summed E-state index contributed by atoms with van der Waals surface area (Å²) in [4.78, 5) is 13.0. The Morgan fingerprint density at radius 3 is 2.07 bits per heavy atom. The van der Waals surface area contributed by atoms with Gasteiger partial charge in [-0.05, 0) is 41.4 Å². The van der Waals surface area contributed by atoms with Crippen molar-refractivity contribution in [1.29, 1.82) is 0 Å². The zero-order valence-corrected chi connectivity index (χ0v) is 16.2. The second-order valence-electron chi connectivity index (χ2n) is 6.64. The molecule has 2 aromatic carbocycles. The van der Waals surface area contributed by atoms with Gasteiger partial charge in [0.2, 0.25) is 10.6 Å². The molecule has 7 rings (SSSR count). The van der Waals surface area contributed by atoms with Crippen LogP contribution in [0.3, 0.4) is 0 Å². The number of nitrogens with zero attached hydrogens (tertiary/aromatic N) is 9. The van der Waals surface area contributed by atoms with Crippen molar-refractivity contribution in [3.63, 3.8) is 0 Å². The number of fused-ring (bicyclic) bond motifs is 9. The molecule has 0 saturated carbocycles. The summed E-state index contributed by atoms with van der Waals surface area (Å²) in [5.74, 6) is 1.50. The van der Waals surface area contributed by atoms with E-state index in [0.29, 0.717) is 23.2 Å². The summed E-state index contributed by atoms with van der Waals surface area (Å²) in [6.07, 6.45) is 0. The van der Waals surface area contributed by atoms with E-state index in [1.807, 2.05) is 42.5 Å². The minimum Gasteiger partial charge on any atom is -0.456 e. The zero-order chi connectivity index (χ0) is 20.0. The number of benzene rings is 2. The van der Waals surface area contributed by atoms with Crippen LogP contribution in [-0.2, 0) is 0 Å². The molecule has 0 bridgehead atoms. The van der Waals surface area contributed by atoms with Crippen molar-refractivity contribution in [2.75, 3.05) is 0 Å². The largest absolute Gasteiger partial charge is 0.456 e. The van der Waals surface area contributed by atoms with Crippen LogP contribution in [0.2, 0.25) is 10.6 Å². The second-order valence-corrected chi connectivity index (χ2v) is 7.32. The van der Waals surface area contributed by atoms with Gasteiger partial charge >= 0.3 is 0 Å². The number of hydrogen-bond donors (Lipinski definition) is 0. The van der Waals surface area contributed by atoms with E-state index in [9.17, 15) is 0 Å². The van der Waals surface area contributed by atoms with Gasteiger partial charge in [0.05, 0.1) is 0 Å². The lowest BCUT2D eigenvalue weighted by atomic mass is 10.1. The van der Waals surface area contributed by atoms with Crippen LogP contribution in [0.15, 0.2) is 46.9 Å². The highest BCUT2D eigenvalue weighted by Crippen LogP contribution is 2.31. The molecule has 5 heterocycles. The first-order valence-corrected chi connectivity index (χ1v) is 9.56. The SMILES string of the molecule is Clc1nc2n(n1)c1nc(Cl)nn1c1nc(-c3ccc4c(c3)oc3ccccc34)nn21. The Hall–Kier alpha value is -3.76. The van der Waals surface area contributed by atoms with Gasteiger partial charge in [0, 0.05) is 16.3 Å². The molecular formula is C18H7Cl2N9O. The number of aromatic nitrogens is 9. The normalized spacial score (nSPS) is 12.3. The van der Waals surface area contributed by atoms with Crippen molar-refractivity contribution in [2.24, 2.45) is 0 Å². The highest BCUT2D eigenvalue weighted by molar-refractivity contribution is 6.28. The topological polar surface area (TPSA) is 104 Å². The van der Waals surface area contributed by atoms with Crippen LogP contribution in [0.4, 0.5) is 0 Å². The first-order valence-electron chi connectivity index (χ1n) is 8.81. The summed E-state index contributed by atoms with van der Waals surface area (Å²) in [5.41, 5.74) is 2.34. The summed E-state index contributed by atoms with van der Waals surface area (Å²) in [6.45, 7) is 0. The molecule has 0 radical (unpaired) electrons. The summed E-state index contributed by atoms with van der Waals surface area (Å²) in [6, 6.07) is 13.7. The Bertz CT molecular complexity index is 1720. The van der Waals surface area contributed by atoms with E-state index >= 15 is 0 Å². The van der Waals surface area contributed by atoms with Crippen LogP contribution in [0.25, 0.3) is 50.7 Å². The Labute approximate surface area is 175 Å². The Morgan fingerprint density at radius 2 is 1.30 bits per heavy atom. The van der Waals surface area contributed by atoms with Gasteiger partial charge in [0.15, 0.2) is 5.82 Å². The van der Waals surface area contributed by atoms with Gasteiger partial charge in [0.1, 0.15) is 11.2 Å². The maximum Gasteiger partial charge on any atom is 0.261 e. The highest BCUT2D eigenvalue weighted by Gasteiger charge is 2.20. The van der Waals surface area contributed by atoms with Gasteiger partial charge in [-0.25, -0.2) is 0 Å². The second kappa shape index (κ2) is 5.43. The lowest BCUT2D eigenvalue weighted by Crippen LogP contribution is -2.06. The standard InChI is InChI=1S/C18H7Cl2N9O/c19-14-22-17-27-16(28-18(29(17)26-14)23-15(20)25-28)21-13(24-27)8-5-6-10-9-3-1-2-4-11(9)30-12(10)7-8/h1-7H. The molecule has 5 aromatic heterocycles. The maximum absolute atomic E-state index is 6.01. The van der Waals surface area contributed by atoms with E-state index in [-0.39, 0.29) is 10.6 Å². The molecule has 0 aliphatic carbocycles. The maximum atomic E-state index is 6.01. The first kappa shape index (κ1) is 16.1. The third-order valence-electron chi connectivity index (χ3n) is 4.92. The minimum absolute atomic E-state index is 0.0456. The molecule has 0 amide bonds. The van der Waals surface area contributed by atoms with E-state index < -0.39 is 0 Å². The van der Waals surface area contributed by atoms with Crippen molar-refractivity contribution in [3.05, 3.63) is 53.0 Å². The Morgan fingerprint density at radius 1 is 0.667 bits per heavy atom. The van der Waals surface area contributed by atoms with Crippen LogP contribution < -0.4 is 0 Å². The lowest BCUT2D eigenvalue weighted by Gasteiger charge is -1.96. The Balaban J connectivity index is 1.54. The highest BCUT2D eigenvalue weighted by atomic mass is 35.5. The third-order valence-corrected chi connectivity index (χ3v) is 5.24. The molecule has 30 heavy (non-hydrogen) atoms. The summed E-state index contributed by atoms with van der Waals surface area (Å²) >= 11 is 12.0. The predicted octanol–water partition coefficient (Wildman–Crippen LogP) is 3.69. The van der Waals surface area contributed by atoms with Crippen molar-refractivity contribution in [3.8, 4) is 11.4 Å². The van der Waals surface area contributed by atoms with E-state index in [0.717, 1.165) is 27.5 Å². The van der Waals surface area contributed by atoms with E-state index in [4.69, 9.17) is 27.6 Å². The third kappa shape index (κ3) is 2.03.